The minimum absolute atomic E-state index is 0.654. The Kier molecular flexibility index (Phi) is 2.22. The highest BCUT2D eigenvalue weighted by Gasteiger charge is 2.83. The molecule has 1 radical (unpaired) electrons. The summed E-state index contributed by atoms with van der Waals surface area (Å²) in [6.45, 7) is 0. The van der Waals surface area contributed by atoms with Crippen LogP contribution >= 0.6 is 0 Å². The molecule has 11 heteroatoms. The van der Waals surface area contributed by atoms with Gasteiger partial charge >= 0.3 is 24.2 Å². The van der Waals surface area contributed by atoms with Gasteiger partial charge in [-0.1, -0.05) is 5.32 Å². The summed E-state index contributed by atoms with van der Waals surface area (Å²) in [5.74, 6) is 0. The van der Waals surface area contributed by atoms with Crippen molar-refractivity contribution in [2.24, 2.45) is 0 Å². The Labute approximate surface area is 75.6 Å². The molecule has 15 heavy (non-hydrogen) atoms. The van der Waals surface area contributed by atoms with Crippen molar-refractivity contribution in [1.29, 1.82) is 0 Å². The van der Waals surface area contributed by atoms with Crippen LogP contribution in [0.5, 0.6) is 0 Å². The lowest BCUT2D eigenvalue weighted by Gasteiger charge is -2.42. The zero-order valence-electron chi connectivity index (χ0n) is 6.30. The quantitative estimate of drug-likeness (QED) is 0.364. The number of nitrogens with zero attached hydrogens (tertiary/aromatic N) is 2. The predicted octanol–water partition coefficient (Wildman–Crippen LogP) is 2.16. The van der Waals surface area contributed by atoms with Gasteiger partial charge in [-0.15, -0.1) is 4.48 Å². The molecule has 0 unspecified atom stereocenters. The third-order valence-electron chi connectivity index (χ3n) is 1.50. The fraction of sp³-hybridized carbons (Fsp3) is 1.00. The Balaban J connectivity index is 3.24. The van der Waals surface area contributed by atoms with Gasteiger partial charge in [0.2, 0.25) is 0 Å². The van der Waals surface area contributed by atoms with E-state index in [0.717, 1.165) is 0 Å². The van der Waals surface area contributed by atoms with Gasteiger partial charge in [-0.2, -0.15) is 35.1 Å². The van der Waals surface area contributed by atoms with Crippen LogP contribution in [-0.4, -0.2) is 29.3 Å². The van der Waals surface area contributed by atoms with Crippen LogP contribution in [0.1, 0.15) is 0 Å². The number of halogens is 9. The fourth-order valence-electron chi connectivity index (χ4n) is 0.723. The molecule has 0 saturated carbocycles. The van der Waals surface area contributed by atoms with Gasteiger partial charge in [0.1, 0.15) is 0 Å². The monoisotopic (exact) mass is 247 g/mol. The molecule has 0 spiro atoms. The number of hydrogen-bond donors (Lipinski definition) is 0. The minimum Gasteiger partial charge on any atom is -0.178 e. The van der Waals surface area contributed by atoms with Crippen LogP contribution in [0.15, 0.2) is 0 Å². The van der Waals surface area contributed by atoms with E-state index in [-0.39, 0.29) is 0 Å². The summed E-state index contributed by atoms with van der Waals surface area (Å²) < 4.78 is 109. The van der Waals surface area contributed by atoms with Crippen molar-refractivity contribution in [3.05, 3.63) is 0 Å². The van der Waals surface area contributed by atoms with Gasteiger partial charge in [0.25, 0.3) is 0 Å². The topological polar surface area (TPSA) is 17.3 Å². The molecule has 1 heterocycles. The average Bonchev–Trinajstić information content (AvgIpc) is 1.98. The average molecular weight is 247 g/mol. The molecule has 1 fully saturated rings. The molecule has 1 aliphatic heterocycles. The molecular formula is C4F9N2. The third kappa shape index (κ3) is 1.36. The highest BCUT2D eigenvalue weighted by molar-refractivity contribution is 4.96. The number of hydrogen-bond acceptors (Lipinski definition) is 1. The first-order chi connectivity index (χ1) is 6.36. The van der Waals surface area contributed by atoms with Gasteiger partial charge in [-0.25, -0.2) is 0 Å². The maximum atomic E-state index is 12.1. The van der Waals surface area contributed by atoms with Gasteiger partial charge in [-0.3, -0.25) is 0 Å². The first kappa shape index (κ1) is 12.4. The number of alkyl halides is 8. The lowest BCUT2D eigenvalue weighted by molar-refractivity contribution is -0.497. The Morgan fingerprint density at radius 3 is 1.20 bits per heavy atom. The number of rotatable bonds is 0. The van der Waals surface area contributed by atoms with E-state index in [4.69, 9.17) is 0 Å². The summed E-state index contributed by atoms with van der Waals surface area (Å²) in [4.78, 5) is 0. The van der Waals surface area contributed by atoms with E-state index in [1.165, 1.54) is 0 Å². The van der Waals surface area contributed by atoms with Gasteiger partial charge < -0.3 is 0 Å². The molecule has 0 atom stereocenters. The van der Waals surface area contributed by atoms with Crippen molar-refractivity contribution in [2.45, 2.75) is 24.2 Å². The van der Waals surface area contributed by atoms with Crippen LogP contribution in [0.25, 0.3) is 0 Å². The first-order valence-corrected chi connectivity index (χ1v) is 3.08. The summed E-state index contributed by atoms with van der Waals surface area (Å²) in [6, 6.07) is -24.2. The summed E-state index contributed by atoms with van der Waals surface area (Å²) in [6.07, 6.45) is 0. The van der Waals surface area contributed by atoms with Crippen molar-refractivity contribution < 1.29 is 39.6 Å². The smallest absolute Gasteiger partial charge is 0.178 e. The minimum atomic E-state index is -6.14. The van der Waals surface area contributed by atoms with Crippen LogP contribution in [0.2, 0.25) is 0 Å². The van der Waals surface area contributed by atoms with Crippen LogP contribution in [0.3, 0.4) is 0 Å². The van der Waals surface area contributed by atoms with Crippen LogP contribution < -0.4 is 5.32 Å². The zero-order valence-corrected chi connectivity index (χ0v) is 6.30. The van der Waals surface area contributed by atoms with Crippen LogP contribution in [-0.2, 0) is 0 Å². The van der Waals surface area contributed by atoms with Crippen LogP contribution in [0, 0.1) is 0 Å². The van der Waals surface area contributed by atoms with Crippen molar-refractivity contribution in [2.75, 3.05) is 0 Å². The second-order valence-electron chi connectivity index (χ2n) is 2.56. The van der Waals surface area contributed by atoms with Gasteiger partial charge in [0.15, 0.2) is 0 Å². The highest BCUT2D eigenvalue weighted by atomic mass is 19.4. The molecule has 0 bridgehead atoms. The summed E-state index contributed by atoms with van der Waals surface area (Å²) in [5.41, 5.74) is 0. The first-order valence-electron chi connectivity index (χ1n) is 3.08. The van der Waals surface area contributed by atoms with E-state index in [0.29, 0.717) is 5.32 Å². The molecule has 0 aromatic heterocycles. The van der Waals surface area contributed by atoms with E-state index in [1.807, 2.05) is 0 Å². The Bertz CT molecular complexity index is 247. The van der Waals surface area contributed by atoms with E-state index in [2.05, 4.69) is 0 Å². The molecule has 2 nitrogen and oxygen atoms in total. The summed E-state index contributed by atoms with van der Waals surface area (Å²) in [5, 5.41) is -2.53. The van der Waals surface area contributed by atoms with Gasteiger partial charge in [-0.05, 0) is 5.12 Å². The highest BCUT2D eigenvalue weighted by Crippen LogP contribution is 2.52. The summed E-state index contributed by atoms with van der Waals surface area (Å²) in [7, 11) is 0. The molecule has 89 valence electrons. The molecule has 0 N–H and O–H groups in total. The SMILES string of the molecule is FN1C(F)(F)C(F)(F)[N]C(F)(F)C1(F)F. The van der Waals surface area contributed by atoms with Gasteiger partial charge in [0, 0.05) is 0 Å². The second kappa shape index (κ2) is 2.70. The maximum Gasteiger partial charge on any atom is 0.413 e. The Morgan fingerprint density at radius 2 is 0.933 bits per heavy atom. The zero-order chi connectivity index (χ0) is 12.3. The van der Waals surface area contributed by atoms with Crippen molar-refractivity contribution >= 4 is 0 Å². The van der Waals surface area contributed by atoms with E-state index < -0.39 is 29.3 Å². The third-order valence-corrected chi connectivity index (χ3v) is 1.50. The Hall–Kier alpha value is -0.710. The van der Waals surface area contributed by atoms with E-state index >= 15 is 0 Å². The molecule has 0 aromatic carbocycles. The fourth-order valence-corrected chi connectivity index (χ4v) is 0.723. The molecule has 0 aliphatic carbocycles. The Morgan fingerprint density at radius 1 is 0.667 bits per heavy atom. The lowest BCUT2D eigenvalue weighted by Crippen LogP contribution is -2.75. The van der Waals surface area contributed by atoms with Crippen molar-refractivity contribution in [3.63, 3.8) is 0 Å². The van der Waals surface area contributed by atoms with E-state index in [9.17, 15) is 39.6 Å². The molecule has 1 rings (SSSR count). The second-order valence-corrected chi connectivity index (χ2v) is 2.56. The molecule has 0 aromatic rings. The van der Waals surface area contributed by atoms with Crippen molar-refractivity contribution in [3.8, 4) is 0 Å². The molecule has 1 saturated heterocycles. The number of piperazine rings is 1. The van der Waals surface area contributed by atoms with E-state index in [1.54, 1.807) is 0 Å². The summed E-state index contributed by atoms with van der Waals surface area (Å²) >= 11 is 0. The predicted molar refractivity (Wildman–Crippen MR) is 24.9 cm³/mol. The normalized spacial score (nSPS) is 32.6. The largest absolute Gasteiger partial charge is 0.413 e. The van der Waals surface area contributed by atoms with Gasteiger partial charge in [0.05, 0.1) is 0 Å². The molecule has 1 aliphatic rings. The maximum absolute atomic E-state index is 12.1. The standard InChI is InChI=1S/C4F9N2/c5-1(6)3(9,10)15(13)4(11,12)2(7,8)14-1. The van der Waals surface area contributed by atoms with Crippen molar-refractivity contribution in [1.82, 2.24) is 10.4 Å². The molecule has 0 amide bonds. The van der Waals surface area contributed by atoms with Crippen LogP contribution in [0.4, 0.5) is 39.6 Å². The lowest BCUT2D eigenvalue weighted by atomic mass is 10.2. The molecular weight excluding hydrogens is 247 g/mol.